The van der Waals surface area contributed by atoms with E-state index < -0.39 is 0 Å². The van der Waals surface area contributed by atoms with Crippen LogP contribution in [0.2, 0.25) is 0 Å². The fourth-order valence-corrected chi connectivity index (χ4v) is 3.59. The van der Waals surface area contributed by atoms with Crippen molar-refractivity contribution < 1.29 is 9.53 Å². The van der Waals surface area contributed by atoms with Crippen LogP contribution in [0.15, 0.2) is 42.5 Å². The summed E-state index contributed by atoms with van der Waals surface area (Å²) in [6, 6.07) is 14.0. The Labute approximate surface area is 172 Å². The summed E-state index contributed by atoms with van der Waals surface area (Å²) in [4.78, 5) is 14.3. The minimum atomic E-state index is -0.324. The molecule has 1 aliphatic heterocycles. The van der Waals surface area contributed by atoms with Gasteiger partial charge >= 0.3 is 5.97 Å². The number of nitrogens with zero attached hydrogens (tertiary/aromatic N) is 1. The Morgan fingerprint density at radius 1 is 1.25 bits per heavy atom. The Bertz CT molecular complexity index is 853. The van der Waals surface area contributed by atoms with Crippen molar-refractivity contribution in [2.45, 2.75) is 26.7 Å². The summed E-state index contributed by atoms with van der Waals surface area (Å²) in [6.07, 6.45) is 2.12. The van der Waals surface area contributed by atoms with Crippen LogP contribution in [0.1, 0.15) is 34.8 Å². The molecule has 2 N–H and O–H groups in total. The molecule has 0 saturated heterocycles. The number of thiocarbonyl (C=S) groups is 1. The largest absolute Gasteiger partial charge is 0.462 e. The minimum absolute atomic E-state index is 0.324. The van der Waals surface area contributed by atoms with Crippen molar-refractivity contribution in [1.82, 2.24) is 5.32 Å². The first-order valence-electron chi connectivity index (χ1n) is 9.74. The van der Waals surface area contributed by atoms with Gasteiger partial charge in [-0.25, -0.2) is 4.79 Å². The van der Waals surface area contributed by atoms with E-state index in [2.05, 4.69) is 39.8 Å². The van der Waals surface area contributed by atoms with E-state index in [1.807, 2.05) is 13.0 Å². The quantitative estimate of drug-likeness (QED) is 0.420. The molecule has 0 saturated carbocycles. The molecule has 2 aromatic carbocycles. The van der Waals surface area contributed by atoms with Crippen LogP contribution in [0.25, 0.3) is 0 Å². The summed E-state index contributed by atoms with van der Waals surface area (Å²) < 4.78 is 5.06. The van der Waals surface area contributed by atoms with Gasteiger partial charge in [0.25, 0.3) is 0 Å². The SMILES string of the molecule is CCOC(=O)c1ccc(C)c(NC(=S)NCCCN2CCc3ccccc32)c1. The number of carbonyl (C=O) groups excluding carboxylic acids is 1. The fourth-order valence-electron chi connectivity index (χ4n) is 3.38. The first-order chi connectivity index (χ1) is 13.6. The van der Waals surface area contributed by atoms with E-state index in [4.69, 9.17) is 17.0 Å². The van der Waals surface area contributed by atoms with Gasteiger partial charge in [-0.05, 0) is 68.2 Å². The molecule has 2 aromatic rings. The van der Waals surface area contributed by atoms with Crippen LogP contribution in [0.5, 0.6) is 0 Å². The number of fused-ring (bicyclic) bond motifs is 1. The number of esters is 1. The Morgan fingerprint density at radius 2 is 2.07 bits per heavy atom. The first kappa shape index (κ1) is 20.1. The summed E-state index contributed by atoms with van der Waals surface area (Å²) in [5.41, 5.74) is 5.15. The molecule has 0 radical (unpaired) electrons. The van der Waals surface area contributed by atoms with Crippen molar-refractivity contribution in [3.63, 3.8) is 0 Å². The van der Waals surface area contributed by atoms with Crippen LogP contribution in [-0.2, 0) is 11.2 Å². The lowest BCUT2D eigenvalue weighted by molar-refractivity contribution is 0.0526. The number of carbonyl (C=O) groups is 1. The smallest absolute Gasteiger partial charge is 0.338 e. The van der Waals surface area contributed by atoms with Crippen LogP contribution < -0.4 is 15.5 Å². The summed E-state index contributed by atoms with van der Waals surface area (Å²) in [6.45, 7) is 7.01. The molecule has 5 nitrogen and oxygen atoms in total. The molecule has 0 spiro atoms. The third kappa shape index (κ3) is 5.01. The summed E-state index contributed by atoms with van der Waals surface area (Å²) >= 11 is 5.42. The number of benzene rings is 2. The molecule has 1 aliphatic rings. The van der Waals surface area contributed by atoms with Gasteiger partial charge < -0.3 is 20.3 Å². The number of rotatable bonds is 7. The molecule has 28 heavy (non-hydrogen) atoms. The van der Waals surface area contributed by atoms with E-state index in [0.29, 0.717) is 17.3 Å². The third-order valence-electron chi connectivity index (χ3n) is 4.87. The molecule has 0 aliphatic carbocycles. The van der Waals surface area contributed by atoms with E-state index in [1.54, 1.807) is 19.1 Å². The number of nitrogens with one attached hydrogen (secondary N) is 2. The lowest BCUT2D eigenvalue weighted by atomic mass is 10.1. The van der Waals surface area contributed by atoms with Gasteiger partial charge in [0.1, 0.15) is 0 Å². The first-order valence-corrected chi connectivity index (χ1v) is 10.1. The molecule has 148 valence electrons. The Morgan fingerprint density at radius 3 is 2.89 bits per heavy atom. The standard InChI is InChI=1S/C22H27N3O2S/c1-3-27-21(26)18-10-9-16(2)19(15-18)24-22(28)23-12-6-13-25-14-11-17-7-4-5-8-20(17)25/h4-5,7-10,15H,3,6,11-14H2,1-2H3,(H2,23,24,28). The van der Waals surface area contributed by atoms with E-state index in [9.17, 15) is 4.79 Å². The zero-order valence-corrected chi connectivity index (χ0v) is 17.3. The average molecular weight is 398 g/mol. The molecule has 3 rings (SSSR count). The van der Waals surface area contributed by atoms with Crippen molar-refractivity contribution in [2.75, 3.05) is 36.5 Å². The monoisotopic (exact) mass is 397 g/mol. The van der Waals surface area contributed by atoms with Crippen molar-refractivity contribution in [1.29, 1.82) is 0 Å². The number of anilines is 2. The molecule has 0 aromatic heterocycles. The number of para-hydroxylation sites is 1. The van der Waals surface area contributed by atoms with Gasteiger partial charge in [-0.3, -0.25) is 0 Å². The molecule has 6 heteroatoms. The highest BCUT2D eigenvalue weighted by Crippen LogP contribution is 2.27. The molecule has 0 fully saturated rings. The number of aryl methyl sites for hydroxylation is 1. The number of ether oxygens (including phenoxy) is 1. The van der Waals surface area contributed by atoms with Gasteiger partial charge in [-0.1, -0.05) is 24.3 Å². The maximum atomic E-state index is 11.9. The predicted octanol–water partition coefficient (Wildman–Crippen LogP) is 3.91. The topological polar surface area (TPSA) is 53.6 Å². The van der Waals surface area contributed by atoms with Crippen LogP contribution in [0.3, 0.4) is 0 Å². The molecular formula is C22H27N3O2S. The lowest BCUT2D eigenvalue weighted by Crippen LogP contribution is -2.32. The van der Waals surface area contributed by atoms with E-state index >= 15 is 0 Å². The fraction of sp³-hybridized carbons (Fsp3) is 0.364. The second-order valence-corrected chi connectivity index (χ2v) is 7.26. The number of hydrogen-bond donors (Lipinski definition) is 2. The van der Waals surface area contributed by atoms with Crippen LogP contribution >= 0.6 is 12.2 Å². The normalized spacial score (nSPS) is 12.4. The minimum Gasteiger partial charge on any atom is -0.462 e. The van der Waals surface area contributed by atoms with Gasteiger partial charge in [-0.15, -0.1) is 0 Å². The zero-order chi connectivity index (χ0) is 19.9. The molecule has 1 heterocycles. The molecular weight excluding hydrogens is 370 g/mol. The predicted molar refractivity (Wildman–Crippen MR) is 118 cm³/mol. The van der Waals surface area contributed by atoms with Gasteiger partial charge in [-0.2, -0.15) is 0 Å². The third-order valence-corrected chi connectivity index (χ3v) is 5.12. The van der Waals surface area contributed by atoms with E-state index in [0.717, 1.165) is 43.7 Å². The van der Waals surface area contributed by atoms with Gasteiger partial charge in [0.05, 0.1) is 12.2 Å². The Kier molecular flexibility index (Phi) is 6.87. The van der Waals surface area contributed by atoms with Crippen molar-refractivity contribution in [3.8, 4) is 0 Å². The van der Waals surface area contributed by atoms with Crippen LogP contribution in [0, 0.1) is 6.92 Å². The Hall–Kier alpha value is -2.60. The van der Waals surface area contributed by atoms with E-state index in [-0.39, 0.29) is 5.97 Å². The van der Waals surface area contributed by atoms with Crippen LogP contribution in [0.4, 0.5) is 11.4 Å². The second kappa shape index (κ2) is 9.55. The van der Waals surface area contributed by atoms with E-state index in [1.165, 1.54) is 11.3 Å². The summed E-state index contributed by atoms with van der Waals surface area (Å²) in [7, 11) is 0. The lowest BCUT2D eigenvalue weighted by Gasteiger charge is -2.20. The highest BCUT2D eigenvalue weighted by Gasteiger charge is 2.17. The maximum Gasteiger partial charge on any atom is 0.338 e. The highest BCUT2D eigenvalue weighted by molar-refractivity contribution is 7.80. The molecule has 0 amide bonds. The second-order valence-electron chi connectivity index (χ2n) is 6.85. The average Bonchev–Trinajstić information content (AvgIpc) is 3.10. The maximum absolute atomic E-state index is 11.9. The molecule has 0 atom stereocenters. The molecule has 0 unspecified atom stereocenters. The summed E-state index contributed by atoms with van der Waals surface area (Å²) in [5, 5.41) is 7.01. The van der Waals surface area contributed by atoms with Crippen molar-refractivity contribution >= 4 is 34.7 Å². The zero-order valence-electron chi connectivity index (χ0n) is 16.5. The molecule has 0 bridgehead atoms. The van der Waals surface area contributed by atoms with Crippen molar-refractivity contribution in [3.05, 3.63) is 59.2 Å². The Balaban J connectivity index is 1.46. The van der Waals surface area contributed by atoms with Gasteiger partial charge in [0.15, 0.2) is 5.11 Å². The summed E-state index contributed by atoms with van der Waals surface area (Å²) in [5.74, 6) is -0.324. The highest BCUT2D eigenvalue weighted by atomic mass is 32.1. The number of hydrogen-bond acceptors (Lipinski definition) is 4. The van der Waals surface area contributed by atoms with Crippen molar-refractivity contribution in [2.24, 2.45) is 0 Å². The van der Waals surface area contributed by atoms with Gasteiger partial charge in [0, 0.05) is 31.0 Å². The van der Waals surface area contributed by atoms with Crippen LogP contribution in [-0.4, -0.2) is 37.3 Å². The van der Waals surface area contributed by atoms with Gasteiger partial charge in [0.2, 0.25) is 0 Å².